The molecule has 0 radical (unpaired) electrons. The molecule has 0 aliphatic rings. The molecule has 1 atom stereocenters. The van der Waals surface area contributed by atoms with E-state index in [0.29, 0.717) is 0 Å². The van der Waals surface area contributed by atoms with Crippen LogP contribution in [0.5, 0.6) is 0 Å². The first-order valence-electron chi connectivity index (χ1n) is 6.67. The fraction of sp³-hybridized carbons (Fsp3) is 0.600. The number of hydrogen-bond donors (Lipinski definition) is 0. The van der Waals surface area contributed by atoms with Crippen LogP contribution in [0.2, 0.25) is 31.2 Å². The van der Waals surface area contributed by atoms with E-state index in [-0.39, 0.29) is 5.04 Å². The lowest BCUT2D eigenvalue weighted by molar-refractivity contribution is 0.740. The summed E-state index contributed by atoms with van der Waals surface area (Å²) in [6.07, 6.45) is 0. The number of benzene rings is 1. The van der Waals surface area contributed by atoms with Gasteiger partial charge in [-0.1, -0.05) is 75.9 Å². The molecule has 1 unspecified atom stereocenters. The Kier molecular flexibility index (Phi) is 4.27. The zero-order valence-electron chi connectivity index (χ0n) is 13.1. The Morgan fingerprint density at radius 1 is 0.889 bits per heavy atom. The van der Waals surface area contributed by atoms with E-state index in [9.17, 15) is 0 Å². The van der Waals surface area contributed by atoms with Crippen LogP contribution >= 0.6 is 11.1 Å². The average molecular weight is 299 g/mol. The van der Waals surface area contributed by atoms with Crippen molar-refractivity contribution in [3.8, 4) is 0 Å². The molecule has 0 nitrogen and oxygen atoms in total. The molecule has 18 heavy (non-hydrogen) atoms. The van der Waals surface area contributed by atoms with E-state index in [1.54, 1.807) is 0 Å². The second-order valence-electron chi connectivity index (χ2n) is 7.59. The third-order valence-electron chi connectivity index (χ3n) is 3.89. The summed E-state index contributed by atoms with van der Waals surface area (Å²) >= 11 is 6.99. The molecule has 1 rings (SSSR count). The van der Waals surface area contributed by atoms with Gasteiger partial charge in [-0.25, -0.2) is 0 Å². The molecule has 1 aromatic rings. The summed E-state index contributed by atoms with van der Waals surface area (Å²) in [5.74, 6) is 0. The van der Waals surface area contributed by atoms with Gasteiger partial charge in [0.15, 0.2) is 7.38 Å². The first kappa shape index (κ1) is 16.0. The number of halogens is 1. The van der Waals surface area contributed by atoms with Crippen molar-refractivity contribution in [2.24, 2.45) is 0 Å². The molecule has 0 bridgehead atoms. The van der Waals surface area contributed by atoms with Crippen molar-refractivity contribution in [3.05, 3.63) is 23.8 Å². The molecule has 0 fully saturated rings. The molecular formula is C15H27ClSi2. The van der Waals surface area contributed by atoms with Crippen LogP contribution in [0.1, 0.15) is 26.3 Å². The molecule has 0 saturated carbocycles. The summed E-state index contributed by atoms with van der Waals surface area (Å²) in [7, 11) is -3.20. The first-order valence-corrected chi connectivity index (χ1v) is 13.7. The molecule has 0 N–H and O–H groups in total. The van der Waals surface area contributed by atoms with Crippen LogP contribution in [-0.4, -0.2) is 15.5 Å². The second kappa shape index (κ2) is 4.80. The molecule has 1 aromatic carbocycles. The highest BCUT2D eigenvalue weighted by Gasteiger charge is 2.40. The molecule has 0 aromatic heterocycles. The zero-order valence-corrected chi connectivity index (χ0v) is 15.9. The van der Waals surface area contributed by atoms with E-state index in [2.05, 4.69) is 72.1 Å². The molecule has 0 saturated heterocycles. The summed E-state index contributed by atoms with van der Waals surface area (Å²) in [5, 5.41) is 3.11. The van der Waals surface area contributed by atoms with E-state index in [4.69, 9.17) is 11.1 Å². The second-order valence-corrected chi connectivity index (χ2v) is 19.0. The van der Waals surface area contributed by atoms with Gasteiger partial charge in [0, 0.05) is 0 Å². The van der Waals surface area contributed by atoms with E-state index in [1.807, 2.05) is 0 Å². The summed E-state index contributed by atoms with van der Waals surface area (Å²) in [4.78, 5) is 0. The average Bonchev–Trinajstić information content (AvgIpc) is 2.13. The van der Waals surface area contributed by atoms with Crippen LogP contribution in [0.25, 0.3) is 0 Å². The van der Waals surface area contributed by atoms with Gasteiger partial charge in [0.05, 0.1) is 8.07 Å². The Balaban J connectivity index is 3.40. The van der Waals surface area contributed by atoms with Gasteiger partial charge in [0.2, 0.25) is 0 Å². The Hall–Kier alpha value is -0.0562. The van der Waals surface area contributed by atoms with Gasteiger partial charge in [-0.05, 0) is 17.1 Å². The van der Waals surface area contributed by atoms with Crippen LogP contribution in [0.15, 0.2) is 18.2 Å². The predicted octanol–water partition coefficient (Wildman–Crippen LogP) is 4.36. The fourth-order valence-corrected chi connectivity index (χ4v) is 5.43. The SMILES string of the molecule is Cc1cc([Si](C)(C)C)cc([Si](C)(Cl)C(C)(C)C)c1. The summed E-state index contributed by atoms with van der Waals surface area (Å²) < 4.78 is 0. The monoisotopic (exact) mass is 298 g/mol. The quantitative estimate of drug-likeness (QED) is 0.562. The summed E-state index contributed by atoms with van der Waals surface area (Å²) in [6, 6.07) is 7.04. The lowest BCUT2D eigenvalue weighted by Gasteiger charge is -2.35. The molecule has 0 heterocycles. The Morgan fingerprint density at radius 2 is 1.33 bits per heavy atom. The third kappa shape index (κ3) is 3.28. The van der Waals surface area contributed by atoms with Gasteiger partial charge in [-0.3, -0.25) is 0 Å². The van der Waals surface area contributed by atoms with Crippen molar-refractivity contribution in [1.82, 2.24) is 0 Å². The van der Waals surface area contributed by atoms with Crippen molar-refractivity contribution < 1.29 is 0 Å². The third-order valence-corrected chi connectivity index (χ3v) is 12.5. The van der Waals surface area contributed by atoms with Crippen molar-refractivity contribution in [2.75, 3.05) is 0 Å². The lowest BCUT2D eigenvalue weighted by atomic mass is 10.2. The maximum absolute atomic E-state index is 6.99. The number of aryl methyl sites for hydroxylation is 1. The van der Waals surface area contributed by atoms with Crippen molar-refractivity contribution in [2.45, 2.75) is 58.9 Å². The van der Waals surface area contributed by atoms with E-state index in [0.717, 1.165) is 0 Å². The zero-order chi connectivity index (χ0) is 14.4. The summed E-state index contributed by atoms with van der Waals surface area (Å²) in [5.41, 5.74) is 1.36. The van der Waals surface area contributed by atoms with Crippen molar-refractivity contribution in [1.29, 1.82) is 0 Å². The molecule has 0 amide bonds. The maximum Gasteiger partial charge on any atom is 0.189 e. The minimum Gasteiger partial charge on any atom is -0.161 e. The standard InChI is InChI=1S/C15H27ClSi2/c1-12-9-13(17(5,6)7)11-14(10-12)18(8,16)15(2,3)4/h9-11H,1-8H3. The molecule has 3 heteroatoms. The number of hydrogen-bond acceptors (Lipinski definition) is 0. The minimum absolute atomic E-state index is 0.180. The Labute approximate surface area is 119 Å². The van der Waals surface area contributed by atoms with Crippen LogP contribution < -0.4 is 10.4 Å². The molecule has 0 aliphatic carbocycles. The molecule has 0 spiro atoms. The van der Waals surface area contributed by atoms with E-state index < -0.39 is 15.5 Å². The fourth-order valence-electron chi connectivity index (χ4n) is 1.92. The van der Waals surface area contributed by atoms with E-state index in [1.165, 1.54) is 15.9 Å². The normalized spacial score (nSPS) is 16.5. The maximum atomic E-state index is 6.99. The van der Waals surface area contributed by atoms with Crippen LogP contribution in [-0.2, 0) is 0 Å². The van der Waals surface area contributed by atoms with Crippen molar-refractivity contribution in [3.63, 3.8) is 0 Å². The highest BCUT2D eigenvalue weighted by Crippen LogP contribution is 2.38. The highest BCUT2D eigenvalue weighted by atomic mass is 35.6. The van der Waals surface area contributed by atoms with Crippen LogP contribution in [0.4, 0.5) is 0 Å². The predicted molar refractivity (Wildman–Crippen MR) is 91.0 cm³/mol. The highest BCUT2D eigenvalue weighted by molar-refractivity contribution is 7.28. The largest absolute Gasteiger partial charge is 0.189 e. The topological polar surface area (TPSA) is 0 Å². The van der Waals surface area contributed by atoms with Gasteiger partial charge in [0.1, 0.15) is 0 Å². The minimum atomic E-state index is -1.93. The Bertz CT molecular complexity index is 437. The van der Waals surface area contributed by atoms with Gasteiger partial charge in [0.25, 0.3) is 0 Å². The summed E-state index contributed by atoms with van der Waals surface area (Å²) in [6.45, 7) is 18.5. The molecule has 0 aliphatic heterocycles. The lowest BCUT2D eigenvalue weighted by Crippen LogP contribution is -2.50. The Morgan fingerprint density at radius 3 is 1.72 bits per heavy atom. The molecule has 102 valence electrons. The molecular weight excluding hydrogens is 272 g/mol. The van der Waals surface area contributed by atoms with Crippen molar-refractivity contribution >= 4 is 36.9 Å². The van der Waals surface area contributed by atoms with Gasteiger partial charge < -0.3 is 0 Å². The smallest absolute Gasteiger partial charge is 0.161 e. The number of rotatable bonds is 2. The van der Waals surface area contributed by atoms with E-state index >= 15 is 0 Å². The van der Waals surface area contributed by atoms with Crippen LogP contribution in [0.3, 0.4) is 0 Å². The van der Waals surface area contributed by atoms with Gasteiger partial charge >= 0.3 is 0 Å². The van der Waals surface area contributed by atoms with Crippen LogP contribution in [0, 0.1) is 6.92 Å². The first-order chi connectivity index (χ1) is 7.85. The van der Waals surface area contributed by atoms with Gasteiger partial charge in [-0.2, -0.15) is 11.1 Å². The van der Waals surface area contributed by atoms with Gasteiger partial charge in [-0.15, -0.1) is 0 Å².